The molecule has 1 aliphatic rings. The van der Waals surface area contributed by atoms with Gasteiger partial charge in [-0.1, -0.05) is 38.1 Å². The monoisotopic (exact) mass is 394 g/mol. The van der Waals surface area contributed by atoms with Gasteiger partial charge in [0.1, 0.15) is 6.04 Å². The second-order valence-corrected chi connectivity index (χ2v) is 7.45. The molecule has 0 bridgehead atoms. The Labute approximate surface area is 170 Å². The summed E-state index contributed by atoms with van der Waals surface area (Å²) in [6, 6.07) is 13.5. The number of carbonyl (C=O) groups is 3. The van der Waals surface area contributed by atoms with Crippen LogP contribution in [0.25, 0.3) is 0 Å². The molecule has 3 rings (SSSR count). The van der Waals surface area contributed by atoms with Gasteiger partial charge >= 0.3 is 5.97 Å². The minimum absolute atomic E-state index is 0.0932. The van der Waals surface area contributed by atoms with Crippen LogP contribution in [0.2, 0.25) is 0 Å². The summed E-state index contributed by atoms with van der Waals surface area (Å²) in [4.78, 5) is 39.9. The molecule has 0 spiro atoms. The Morgan fingerprint density at radius 2 is 1.76 bits per heavy atom. The molecule has 152 valence electrons. The smallest absolute Gasteiger partial charge is 0.338 e. The third-order valence-electron chi connectivity index (χ3n) is 5.18. The number of benzene rings is 2. The van der Waals surface area contributed by atoms with Gasteiger partial charge in [-0.2, -0.15) is 0 Å². The maximum atomic E-state index is 13.4. The number of hydrogen-bond donors (Lipinski definition) is 1. The van der Waals surface area contributed by atoms with E-state index in [1.807, 2.05) is 26.0 Å². The largest absolute Gasteiger partial charge is 0.465 e. The van der Waals surface area contributed by atoms with E-state index in [0.717, 1.165) is 12.0 Å². The van der Waals surface area contributed by atoms with Gasteiger partial charge < -0.3 is 15.0 Å². The zero-order chi connectivity index (χ0) is 21.0. The number of nitrogens with one attached hydrogen (secondary N) is 1. The number of fused-ring (bicyclic) bond motifs is 1. The second kappa shape index (κ2) is 8.90. The van der Waals surface area contributed by atoms with E-state index in [0.29, 0.717) is 29.8 Å². The Hall–Kier alpha value is -3.15. The van der Waals surface area contributed by atoms with Crippen molar-refractivity contribution in [2.45, 2.75) is 32.7 Å². The zero-order valence-electron chi connectivity index (χ0n) is 17.0. The number of anilines is 1. The van der Waals surface area contributed by atoms with Crippen molar-refractivity contribution in [1.29, 1.82) is 0 Å². The molecule has 2 amide bonds. The van der Waals surface area contributed by atoms with Gasteiger partial charge in [-0.25, -0.2) is 4.79 Å². The fraction of sp³-hybridized carbons (Fsp3) is 0.348. The molecular weight excluding hydrogens is 368 g/mol. The van der Waals surface area contributed by atoms with Crippen molar-refractivity contribution in [3.63, 3.8) is 0 Å². The molecule has 2 aromatic rings. The third kappa shape index (κ3) is 4.31. The number of methoxy groups -OCH3 is 1. The molecule has 0 radical (unpaired) electrons. The number of carbonyl (C=O) groups excluding carboxylic acids is 3. The normalized spacial score (nSPS) is 14.1. The molecule has 0 fully saturated rings. The van der Waals surface area contributed by atoms with Gasteiger partial charge in [0.2, 0.25) is 5.91 Å². The van der Waals surface area contributed by atoms with Crippen molar-refractivity contribution in [2.75, 3.05) is 18.6 Å². The second-order valence-electron chi connectivity index (χ2n) is 7.45. The van der Waals surface area contributed by atoms with Crippen LogP contribution in [0.15, 0.2) is 48.5 Å². The summed E-state index contributed by atoms with van der Waals surface area (Å²) in [6.07, 6.45) is 1.44. The average molecular weight is 394 g/mol. The van der Waals surface area contributed by atoms with Gasteiger partial charge in [0.25, 0.3) is 5.91 Å². The van der Waals surface area contributed by atoms with E-state index in [9.17, 15) is 14.4 Å². The molecule has 6 nitrogen and oxygen atoms in total. The fourth-order valence-corrected chi connectivity index (χ4v) is 3.65. The van der Waals surface area contributed by atoms with E-state index in [1.54, 1.807) is 41.3 Å². The van der Waals surface area contributed by atoms with Crippen molar-refractivity contribution in [1.82, 2.24) is 5.32 Å². The summed E-state index contributed by atoms with van der Waals surface area (Å²) in [7, 11) is 1.35. The summed E-state index contributed by atoms with van der Waals surface area (Å²) in [5.74, 6) is -0.955. The zero-order valence-corrected chi connectivity index (χ0v) is 17.0. The molecular formula is C23H26N2O4. The third-order valence-corrected chi connectivity index (χ3v) is 5.18. The maximum Gasteiger partial charge on any atom is 0.338 e. The molecule has 0 aliphatic carbocycles. The van der Waals surface area contributed by atoms with Crippen LogP contribution in [0.5, 0.6) is 0 Å². The molecule has 29 heavy (non-hydrogen) atoms. The van der Waals surface area contributed by atoms with Gasteiger partial charge in [-0.15, -0.1) is 0 Å². The Bertz CT molecular complexity index is 908. The summed E-state index contributed by atoms with van der Waals surface area (Å²) in [5, 5.41) is 2.89. The van der Waals surface area contributed by atoms with Crippen LogP contribution in [0.3, 0.4) is 0 Å². The van der Waals surface area contributed by atoms with E-state index in [2.05, 4.69) is 5.32 Å². The molecule has 1 heterocycles. The first-order valence-electron chi connectivity index (χ1n) is 9.81. The van der Waals surface area contributed by atoms with Crippen molar-refractivity contribution in [3.05, 3.63) is 65.2 Å². The van der Waals surface area contributed by atoms with E-state index in [4.69, 9.17) is 4.74 Å². The van der Waals surface area contributed by atoms with Crippen LogP contribution in [0.4, 0.5) is 5.69 Å². The highest BCUT2D eigenvalue weighted by Gasteiger charge is 2.33. The van der Waals surface area contributed by atoms with Gasteiger partial charge in [-0.3, -0.25) is 9.59 Å². The molecule has 1 atom stereocenters. The number of rotatable bonds is 5. The van der Waals surface area contributed by atoms with Crippen LogP contribution in [-0.4, -0.2) is 37.5 Å². The first-order valence-corrected chi connectivity index (χ1v) is 9.81. The summed E-state index contributed by atoms with van der Waals surface area (Å²) in [6.45, 7) is 4.36. The molecule has 1 N–H and O–H groups in total. The van der Waals surface area contributed by atoms with E-state index >= 15 is 0 Å². The quantitative estimate of drug-likeness (QED) is 0.790. The van der Waals surface area contributed by atoms with Crippen molar-refractivity contribution in [3.8, 4) is 0 Å². The number of hydrogen-bond acceptors (Lipinski definition) is 4. The molecule has 1 unspecified atom stereocenters. The Morgan fingerprint density at radius 1 is 1.03 bits per heavy atom. The Morgan fingerprint density at radius 3 is 2.41 bits per heavy atom. The highest BCUT2D eigenvalue weighted by molar-refractivity contribution is 6.04. The van der Waals surface area contributed by atoms with Crippen LogP contribution in [0, 0.1) is 5.92 Å². The Kier molecular flexibility index (Phi) is 6.32. The predicted octanol–water partition coefficient (Wildman–Crippen LogP) is 3.21. The molecule has 1 aliphatic heterocycles. The first kappa shape index (κ1) is 20.6. The molecule has 0 saturated carbocycles. The van der Waals surface area contributed by atoms with Crippen LogP contribution < -0.4 is 10.2 Å². The fourth-order valence-electron chi connectivity index (χ4n) is 3.65. The summed E-state index contributed by atoms with van der Waals surface area (Å²) >= 11 is 0. The van der Waals surface area contributed by atoms with Gasteiger partial charge in [0.05, 0.1) is 12.7 Å². The van der Waals surface area contributed by atoms with Crippen LogP contribution in [-0.2, 0) is 16.0 Å². The summed E-state index contributed by atoms with van der Waals surface area (Å²) in [5.41, 5.74) is 2.52. The van der Waals surface area contributed by atoms with Crippen molar-refractivity contribution < 1.29 is 19.1 Å². The van der Waals surface area contributed by atoms with E-state index in [1.165, 1.54) is 7.11 Å². The standard InChI is InChI=1S/C23H26N2O4/c1-15(2)20(24-21(26)16-9-5-4-6-10-16)22(27)25-14-8-12-17-18(23(28)29-3)11-7-13-19(17)25/h4-7,9-11,13,15,20H,8,12,14H2,1-3H3,(H,24,26). The lowest BCUT2D eigenvalue weighted by Crippen LogP contribution is -2.52. The SMILES string of the molecule is COC(=O)c1cccc2c1CCCN2C(=O)C(NC(=O)c1ccccc1)C(C)C. The van der Waals surface area contributed by atoms with Crippen molar-refractivity contribution >= 4 is 23.5 Å². The molecule has 0 aromatic heterocycles. The predicted molar refractivity (Wildman–Crippen MR) is 111 cm³/mol. The first-order chi connectivity index (χ1) is 13.9. The van der Waals surface area contributed by atoms with Gasteiger partial charge in [0.15, 0.2) is 0 Å². The minimum Gasteiger partial charge on any atom is -0.465 e. The maximum absolute atomic E-state index is 13.4. The molecule has 2 aromatic carbocycles. The van der Waals surface area contributed by atoms with Gasteiger partial charge in [-0.05, 0) is 48.6 Å². The lowest BCUT2D eigenvalue weighted by atomic mass is 9.94. The molecule has 6 heteroatoms. The topological polar surface area (TPSA) is 75.7 Å². The van der Waals surface area contributed by atoms with E-state index < -0.39 is 12.0 Å². The number of nitrogens with zero attached hydrogens (tertiary/aromatic N) is 1. The number of amides is 2. The molecule has 0 saturated heterocycles. The van der Waals surface area contributed by atoms with E-state index in [-0.39, 0.29) is 17.7 Å². The van der Waals surface area contributed by atoms with Crippen molar-refractivity contribution in [2.24, 2.45) is 5.92 Å². The Balaban J connectivity index is 1.89. The number of ether oxygens (including phenoxy) is 1. The minimum atomic E-state index is -0.671. The highest BCUT2D eigenvalue weighted by Crippen LogP contribution is 2.31. The van der Waals surface area contributed by atoms with Crippen LogP contribution in [0.1, 0.15) is 46.5 Å². The van der Waals surface area contributed by atoms with Crippen LogP contribution >= 0.6 is 0 Å². The lowest BCUT2D eigenvalue weighted by Gasteiger charge is -2.34. The lowest BCUT2D eigenvalue weighted by molar-refractivity contribution is -0.121. The van der Waals surface area contributed by atoms with Gasteiger partial charge in [0, 0.05) is 17.8 Å². The highest BCUT2D eigenvalue weighted by atomic mass is 16.5. The summed E-state index contributed by atoms with van der Waals surface area (Å²) < 4.78 is 4.89. The number of esters is 1. The average Bonchev–Trinajstić information content (AvgIpc) is 2.75.